The zero-order valence-corrected chi connectivity index (χ0v) is 8.46. The third kappa shape index (κ3) is 3.65. The number of carbonyl (C=O) groups is 1. The van der Waals surface area contributed by atoms with Gasteiger partial charge in [0, 0.05) is 0 Å². The van der Waals surface area contributed by atoms with Gasteiger partial charge in [-0.25, -0.2) is 4.79 Å². The summed E-state index contributed by atoms with van der Waals surface area (Å²) in [7, 11) is 0. The van der Waals surface area contributed by atoms with Crippen LogP contribution in [-0.4, -0.2) is 34.0 Å². The molecule has 0 heterocycles. The highest BCUT2D eigenvalue weighted by Crippen LogP contribution is 2.23. The SMILES string of the molecule is O=C(O)C(O)C(O)c1cccc(OC(F)F)c1. The molecule has 1 rings (SSSR count). The van der Waals surface area contributed by atoms with Crippen molar-refractivity contribution in [3.63, 3.8) is 0 Å². The van der Waals surface area contributed by atoms with Crippen molar-refractivity contribution in [2.45, 2.75) is 18.8 Å². The van der Waals surface area contributed by atoms with Crippen molar-refractivity contribution >= 4 is 5.97 Å². The molecule has 0 bridgehead atoms. The van der Waals surface area contributed by atoms with Crippen molar-refractivity contribution in [1.29, 1.82) is 0 Å². The second-order valence-electron chi connectivity index (χ2n) is 3.18. The highest BCUT2D eigenvalue weighted by molar-refractivity contribution is 5.73. The van der Waals surface area contributed by atoms with Crippen molar-refractivity contribution in [2.75, 3.05) is 0 Å². The Morgan fingerprint density at radius 1 is 1.29 bits per heavy atom. The van der Waals surface area contributed by atoms with Gasteiger partial charge in [0.25, 0.3) is 0 Å². The fourth-order valence-corrected chi connectivity index (χ4v) is 1.19. The number of aliphatic carboxylic acids is 1. The summed E-state index contributed by atoms with van der Waals surface area (Å²) in [5.41, 5.74) is -0.0296. The molecule has 0 radical (unpaired) electrons. The summed E-state index contributed by atoms with van der Waals surface area (Å²) in [6, 6.07) is 4.83. The second kappa shape index (κ2) is 5.55. The standard InChI is InChI=1S/C10H10F2O5/c11-10(12)17-6-3-1-2-5(4-6)7(13)8(14)9(15)16/h1-4,7-8,10,13-14H,(H,15,16). The summed E-state index contributed by atoms with van der Waals surface area (Å²) in [4.78, 5) is 10.4. The third-order valence-electron chi connectivity index (χ3n) is 1.98. The van der Waals surface area contributed by atoms with E-state index >= 15 is 0 Å². The molecule has 0 saturated carbocycles. The van der Waals surface area contributed by atoms with E-state index in [2.05, 4.69) is 4.74 Å². The molecule has 2 unspecified atom stereocenters. The van der Waals surface area contributed by atoms with Gasteiger partial charge in [-0.15, -0.1) is 0 Å². The van der Waals surface area contributed by atoms with Crippen molar-refractivity contribution in [3.8, 4) is 5.75 Å². The summed E-state index contributed by atoms with van der Waals surface area (Å²) in [5, 5.41) is 27.0. The molecular formula is C10H10F2O5. The zero-order chi connectivity index (χ0) is 13.0. The van der Waals surface area contributed by atoms with Gasteiger partial charge in [-0.3, -0.25) is 0 Å². The van der Waals surface area contributed by atoms with Crippen LogP contribution in [0.25, 0.3) is 0 Å². The van der Waals surface area contributed by atoms with Gasteiger partial charge in [0.15, 0.2) is 6.10 Å². The van der Waals surface area contributed by atoms with Gasteiger partial charge in [0.2, 0.25) is 0 Å². The Morgan fingerprint density at radius 2 is 1.94 bits per heavy atom. The molecule has 0 aliphatic rings. The van der Waals surface area contributed by atoms with Crippen LogP contribution in [0.4, 0.5) is 8.78 Å². The van der Waals surface area contributed by atoms with Crippen LogP contribution in [0.2, 0.25) is 0 Å². The molecule has 17 heavy (non-hydrogen) atoms. The lowest BCUT2D eigenvalue weighted by atomic mass is 10.0. The molecular weight excluding hydrogens is 238 g/mol. The van der Waals surface area contributed by atoms with Gasteiger partial charge in [-0.05, 0) is 17.7 Å². The number of ether oxygens (including phenoxy) is 1. The van der Waals surface area contributed by atoms with Gasteiger partial charge in [0.05, 0.1) is 0 Å². The number of hydrogen-bond donors (Lipinski definition) is 3. The maximum absolute atomic E-state index is 11.9. The number of carboxylic acid groups (broad SMARTS) is 1. The molecule has 0 saturated heterocycles. The van der Waals surface area contributed by atoms with Crippen LogP contribution < -0.4 is 4.74 Å². The fourth-order valence-electron chi connectivity index (χ4n) is 1.19. The van der Waals surface area contributed by atoms with Gasteiger partial charge in [0.1, 0.15) is 11.9 Å². The number of rotatable bonds is 5. The Balaban J connectivity index is 2.87. The predicted molar refractivity (Wildman–Crippen MR) is 51.7 cm³/mol. The minimum Gasteiger partial charge on any atom is -0.479 e. The summed E-state index contributed by atoms with van der Waals surface area (Å²) in [5.74, 6) is -1.84. The number of alkyl halides is 2. The van der Waals surface area contributed by atoms with Crippen LogP contribution in [0, 0.1) is 0 Å². The van der Waals surface area contributed by atoms with E-state index in [0.29, 0.717) is 0 Å². The molecule has 0 aliphatic carbocycles. The fraction of sp³-hybridized carbons (Fsp3) is 0.300. The quantitative estimate of drug-likeness (QED) is 0.716. The van der Waals surface area contributed by atoms with Crippen molar-refractivity contribution in [2.24, 2.45) is 0 Å². The van der Waals surface area contributed by atoms with Crippen LogP contribution in [0.15, 0.2) is 24.3 Å². The molecule has 5 nitrogen and oxygen atoms in total. The molecule has 3 N–H and O–H groups in total. The average Bonchev–Trinajstić information content (AvgIpc) is 2.26. The van der Waals surface area contributed by atoms with Gasteiger partial charge in [-0.1, -0.05) is 12.1 Å². The van der Waals surface area contributed by atoms with Crippen LogP contribution >= 0.6 is 0 Å². The maximum atomic E-state index is 11.9. The highest BCUT2D eigenvalue weighted by Gasteiger charge is 2.25. The zero-order valence-electron chi connectivity index (χ0n) is 8.46. The molecule has 0 amide bonds. The lowest BCUT2D eigenvalue weighted by Crippen LogP contribution is -2.27. The molecule has 7 heteroatoms. The van der Waals surface area contributed by atoms with Gasteiger partial charge < -0.3 is 20.1 Å². The third-order valence-corrected chi connectivity index (χ3v) is 1.98. The average molecular weight is 248 g/mol. The molecule has 0 aromatic heterocycles. The van der Waals surface area contributed by atoms with Crippen molar-refractivity contribution in [3.05, 3.63) is 29.8 Å². The first kappa shape index (κ1) is 13.3. The number of carboxylic acids is 1. The summed E-state index contributed by atoms with van der Waals surface area (Å²) in [6.07, 6.45) is -3.74. The Kier molecular flexibility index (Phi) is 4.36. The molecule has 94 valence electrons. The minimum absolute atomic E-state index is 0.0296. The van der Waals surface area contributed by atoms with E-state index in [0.717, 1.165) is 6.07 Å². The topological polar surface area (TPSA) is 87.0 Å². The van der Waals surface area contributed by atoms with E-state index in [1.807, 2.05) is 0 Å². The Hall–Kier alpha value is -1.73. The van der Waals surface area contributed by atoms with E-state index in [9.17, 15) is 18.7 Å². The van der Waals surface area contributed by atoms with Crippen LogP contribution in [-0.2, 0) is 4.79 Å². The minimum atomic E-state index is -3.02. The number of benzene rings is 1. The number of aliphatic hydroxyl groups is 2. The van der Waals surface area contributed by atoms with Gasteiger partial charge in [-0.2, -0.15) is 8.78 Å². The van der Waals surface area contributed by atoms with E-state index in [-0.39, 0.29) is 11.3 Å². The Morgan fingerprint density at radius 3 is 2.47 bits per heavy atom. The van der Waals surface area contributed by atoms with Gasteiger partial charge >= 0.3 is 12.6 Å². The van der Waals surface area contributed by atoms with E-state index in [1.165, 1.54) is 18.2 Å². The monoisotopic (exact) mass is 248 g/mol. The molecule has 1 aromatic carbocycles. The van der Waals surface area contributed by atoms with Crippen LogP contribution in [0.3, 0.4) is 0 Å². The smallest absolute Gasteiger partial charge is 0.387 e. The Bertz CT molecular complexity index is 396. The lowest BCUT2D eigenvalue weighted by molar-refractivity contribution is -0.153. The van der Waals surface area contributed by atoms with Crippen molar-refractivity contribution < 1.29 is 33.6 Å². The van der Waals surface area contributed by atoms with Crippen LogP contribution in [0.1, 0.15) is 11.7 Å². The van der Waals surface area contributed by atoms with E-state index < -0.39 is 24.8 Å². The summed E-state index contributed by atoms with van der Waals surface area (Å²) in [6.45, 7) is -3.02. The normalized spacial score (nSPS) is 14.4. The Labute approximate surface area is 94.9 Å². The summed E-state index contributed by atoms with van der Waals surface area (Å²) >= 11 is 0. The summed E-state index contributed by atoms with van der Waals surface area (Å²) < 4.78 is 27.9. The lowest BCUT2D eigenvalue weighted by Gasteiger charge is -2.15. The first-order chi connectivity index (χ1) is 7.91. The second-order valence-corrected chi connectivity index (χ2v) is 3.18. The largest absolute Gasteiger partial charge is 0.479 e. The van der Waals surface area contributed by atoms with E-state index in [1.54, 1.807) is 0 Å². The maximum Gasteiger partial charge on any atom is 0.387 e. The molecule has 0 aliphatic heterocycles. The number of halogens is 2. The van der Waals surface area contributed by atoms with E-state index in [4.69, 9.17) is 10.2 Å². The van der Waals surface area contributed by atoms with Crippen molar-refractivity contribution in [1.82, 2.24) is 0 Å². The highest BCUT2D eigenvalue weighted by atomic mass is 19.3. The first-order valence-electron chi connectivity index (χ1n) is 4.55. The first-order valence-corrected chi connectivity index (χ1v) is 4.55. The molecule has 0 spiro atoms. The molecule has 0 fully saturated rings. The predicted octanol–water partition coefficient (Wildman–Crippen LogP) is 0.767. The van der Waals surface area contributed by atoms with Crippen LogP contribution in [0.5, 0.6) is 5.75 Å². The number of hydrogen-bond acceptors (Lipinski definition) is 4. The number of aliphatic hydroxyl groups excluding tert-OH is 2. The molecule has 2 atom stereocenters. The molecule has 1 aromatic rings.